The fourth-order valence-corrected chi connectivity index (χ4v) is 4.88. The molecule has 6 nitrogen and oxygen atoms in total. The van der Waals surface area contributed by atoms with Gasteiger partial charge in [-0.25, -0.2) is 4.90 Å². The molecular weight excluding hydrogens is 350 g/mol. The Kier molecular flexibility index (Phi) is 3.93. The topological polar surface area (TPSA) is 98.2 Å². The molecule has 0 saturated carbocycles. The molecule has 2 amide bonds. The lowest BCUT2D eigenvalue weighted by Gasteiger charge is -2.32. The van der Waals surface area contributed by atoms with Gasteiger partial charge in [0.15, 0.2) is 0 Å². The normalized spacial score (nSPS) is 28.2. The average Bonchev–Trinajstić information content (AvgIpc) is 3.23. The molecule has 0 aliphatic carbocycles. The summed E-state index contributed by atoms with van der Waals surface area (Å²) in [6.07, 6.45) is 1.48. The molecule has 4 atom stereocenters. The Morgan fingerprint density at radius 3 is 2.50 bits per heavy atom. The molecule has 2 aliphatic rings. The van der Waals surface area contributed by atoms with Crippen molar-refractivity contribution in [2.45, 2.75) is 18.1 Å². The van der Waals surface area contributed by atoms with Crippen LogP contribution in [-0.2, 0) is 9.59 Å². The van der Waals surface area contributed by atoms with Crippen LogP contribution in [0.25, 0.3) is 0 Å². The summed E-state index contributed by atoms with van der Waals surface area (Å²) in [4.78, 5) is 27.3. The third-order valence-corrected chi connectivity index (χ3v) is 6.14. The molecule has 1 aromatic carbocycles. The first-order valence-corrected chi connectivity index (χ1v) is 9.03. The first-order valence-electron chi connectivity index (χ1n) is 8.15. The van der Waals surface area contributed by atoms with E-state index < -0.39 is 23.0 Å². The van der Waals surface area contributed by atoms with Crippen molar-refractivity contribution in [3.8, 4) is 6.07 Å². The highest BCUT2D eigenvalue weighted by Crippen LogP contribution is 2.50. The molecule has 2 saturated heterocycles. The van der Waals surface area contributed by atoms with Gasteiger partial charge in [0.25, 0.3) is 0 Å². The quantitative estimate of drug-likeness (QED) is 0.825. The second-order valence-corrected chi connectivity index (χ2v) is 7.61. The summed E-state index contributed by atoms with van der Waals surface area (Å²) in [5, 5.41) is 17.1. The van der Waals surface area contributed by atoms with E-state index in [1.807, 2.05) is 19.1 Å². The highest BCUT2D eigenvalue weighted by atomic mass is 32.2. The molecular formula is C19H15N3O3S. The number of aryl methyl sites for hydroxylation is 1. The first kappa shape index (κ1) is 16.6. The second kappa shape index (κ2) is 6.15. The number of nitrogens with zero attached hydrogens (tertiary/aromatic N) is 2. The highest BCUT2D eigenvalue weighted by Gasteiger charge is 2.59. The van der Waals surface area contributed by atoms with E-state index in [2.05, 4.69) is 6.07 Å². The Balaban J connectivity index is 1.80. The summed E-state index contributed by atoms with van der Waals surface area (Å²) in [5.74, 6) is -2.39. The van der Waals surface area contributed by atoms with E-state index >= 15 is 0 Å². The molecule has 1 aromatic heterocycles. The zero-order valence-corrected chi connectivity index (χ0v) is 14.7. The summed E-state index contributed by atoms with van der Waals surface area (Å²) >= 11 is 1.01. The van der Waals surface area contributed by atoms with E-state index in [0.29, 0.717) is 11.4 Å². The van der Waals surface area contributed by atoms with E-state index in [4.69, 9.17) is 9.83 Å². The number of amides is 2. The molecule has 7 heteroatoms. The number of carbonyl (C=O) groups is 2. The third-order valence-electron chi connectivity index (χ3n) is 4.88. The molecule has 3 heterocycles. The fourth-order valence-electron chi connectivity index (χ4n) is 3.62. The summed E-state index contributed by atoms with van der Waals surface area (Å²) in [6, 6.07) is 12.7. The molecule has 0 spiro atoms. The van der Waals surface area contributed by atoms with Gasteiger partial charge in [0.2, 0.25) is 11.8 Å². The van der Waals surface area contributed by atoms with Crippen LogP contribution in [0.15, 0.2) is 47.1 Å². The Morgan fingerprint density at radius 1 is 1.15 bits per heavy atom. The Morgan fingerprint density at radius 2 is 1.88 bits per heavy atom. The van der Waals surface area contributed by atoms with Gasteiger partial charge in [-0.15, -0.1) is 0 Å². The fraction of sp³-hybridized carbons (Fsp3) is 0.263. The minimum atomic E-state index is -0.804. The van der Waals surface area contributed by atoms with Crippen LogP contribution in [0.4, 0.5) is 5.69 Å². The van der Waals surface area contributed by atoms with E-state index in [0.717, 1.165) is 17.3 Å². The highest BCUT2D eigenvalue weighted by molar-refractivity contribution is 8.15. The summed E-state index contributed by atoms with van der Waals surface area (Å²) < 4.78 is 5.46. The first-order chi connectivity index (χ1) is 12.5. The lowest BCUT2D eigenvalue weighted by molar-refractivity contribution is -0.122. The van der Waals surface area contributed by atoms with Crippen molar-refractivity contribution in [3.63, 3.8) is 0 Å². The van der Waals surface area contributed by atoms with E-state index in [-0.39, 0.29) is 16.9 Å². The minimum Gasteiger partial charge on any atom is -0.469 e. The number of furan rings is 1. The van der Waals surface area contributed by atoms with E-state index in [9.17, 15) is 14.9 Å². The van der Waals surface area contributed by atoms with Crippen molar-refractivity contribution in [2.75, 3.05) is 4.90 Å². The van der Waals surface area contributed by atoms with Crippen LogP contribution in [0.3, 0.4) is 0 Å². The Hall–Kier alpha value is -2.85. The molecule has 1 N–H and O–H groups in total. The van der Waals surface area contributed by atoms with Crippen LogP contribution in [0.5, 0.6) is 0 Å². The number of hydrogen-bond acceptors (Lipinski definition) is 6. The summed E-state index contributed by atoms with van der Waals surface area (Å²) in [7, 11) is 0. The van der Waals surface area contributed by atoms with Crippen molar-refractivity contribution in [1.82, 2.24) is 0 Å². The average molecular weight is 365 g/mol. The van der Waals surface area contributed by atoms with Crippen molar-refractivity contribution < 1.29 is 14.0 Å². The maximum atomic E-state index is 13.2. The largest absolute Gasteiger partial charge is 0.469 e. The molecule has 4 rings (SSSR count). The number of imide groups is 1. The predicted octanol–water partition coefficient (Wildman–Crippen LogP) is 3.09. The van der Waals surface area contributed by atoms with Crippen LogP contribution in [0.1, 0.15) is 17.2 Å². The molecule has 130 valence electrons. The number of nitrogens with one attached hydrogen (secondary N) is 1. The van der Waals surface area contributed by atoms with Gasteiger partial charge in [-0.05, 0) is 31.2 Å². The number of anilines is 1. The van der Waals surface area contributed by atoms with Crippen molar-refractivity contribution in [1.29, 1.82) is 10.7 Å². The van der Waals surface area contributed by atoms with Gasteiger partial charge >= 0.3 is 0 Å². The van der Waals surface area contributed by atoms with Gasteiger partial charge < -0.3 is 4.42 Å². The summed E-state index contributed by atoms with van der Waals surface area (Å²) in [6.45, 7) is 1.93. The molecule has 0 bridgehead atoms. The van der Waals surface area contributed by atoms with Gasteiger partial charge in [0.05, 0.1) is 34.9 Å². The summed E-state index contributed by atoms with van der Waals surface area (Å²) in [5.41, 5.74) is 1.54. The van der Waals surface area contributed by atoms with Crippen LogP contribution in [0.2, 0.25) is 0 Å². The molecule has 26 heavy (non-hydrogen) atoms. The molecule has 0 unspecified atom stereocenters. The van der Waals surface area contributed by atoms with E-state index in [1.54, 1.807) is 24.3 Å². The van der Waals surface area contributed by atoms with Gasteiger partial charge in [-0.1, -0.05) is 29.5 Å². The lowest BCUT2D eigenvalue weighted by atomic mass is 9.79. The molecule has 2 aromatic rings. The zero-order chi connectivity index (χ0) is 18.4. The van der Waals surface area contributed by atoms with E-state index in [1.165, 1.54) is 11.2 Å². The number of rotatable bonds is 2. The standard InChI is InChI=1S/C19H15N3O3S/c1-10-4-6-11(7-5-10)22-18(23)15-14(13-3-2-8-25-13)12(9-20)17(21)26-16(15)19(22)24/h2-8,12,14-16,21H,1H3/t12-,14-,15+,16+/m1/s1. The van der Waals surface area contributed by atoms with Gasteiger partial charge in [0, 0.05) is 0 Å². The number of benzene rings is 1. The Labute approximate surface area is 154 Å². The number of hydrogen-bond donors (Lipinski definition) is 1. The van der Waals surface area contributed by atoms with Crippen LogP contribution < -0.4 is 4.90 Å². The van der Waals surface area contributed by atoms with Crippen LogP contribution in [-0.4, -0.2) is 22.1 Å². The molecule has 2 fully saturated rings. The number of fused-ring (bicyclic) bond motifs is 1. The van der Waals surface area contributed by atoms with Crippen molar-refractivity contribution in [2.24, 2.45) is 11.8 Å². The van der Waals surface area contributed by atoms with Crippen LogP contribution in [0, 0.1) is 35.5 Å². The Bertz CT molecular complexity index is 930. The zero-order valence-electron chi connectivity index (χ0n) is 13.9. The van der Waals surface area contributed by atoms with Gasteiger partial charge in [-0.2, -0.15) is 5.26 Å². The number of thioether (sulfide) groups is 1. The molecule has 0 radical (unpaired) electrons. The smallest absolute Gasteiger partial charge is 0.248 e. The minimum absolute atomic E-state index is 0.0991. The maximum Gasteiger partial charge on any atom is 0.248 e. The van der Waals surface area contributed by atoms with Gasteiger partial charge in [0.1, 0.15) is 16.9 Å². The van der Waals surface area contributed by atoms with Gasteiger partial charge in [-0.3, -0.25) is 15.0 Å². The monoisotopic (exact) mass is 365 g/mol. The third kappa shape index (κ3) is 2.37. The molecule has 2 aliphatic heterocycles. The SMILES string of the molecule is Cc1ccc(N2C(=O)[C@H]3[C@@H](c4ccco4)[C@@H](C#N)C(=N)S[C@@H]3C2=O)cc1. The van der Waals surface area contributed by atoms with Crippen molar-refractivity contribution in [3.05, 3.63) is 54.0 Å². The second-order valence-electron chi connectivity index (χ2n) is 6.42. The predicted molar refractivity (Wildman–Crippen MR) is 96.8 cm³/mol. The van der Waals surface area contributed by atoms with Crippen LogP contribution >= 0.6 is 11.8 Å². The van der Waals surface area contributed by atoms with Crippen molar-refractivity contribution >= 4 is 34.3 Å². The number of nitriles is 1. The maximum absolute atomic E-state index is 13.2. The number of carbonyl (C=O) groups excluding carboxylic acids is 2. The lowest BCUT2D eigenvalue weighted by Crippen LogP contribution is -2.39.